The van der Waals surface area contributed by atoms with Crippen LogP contribution in [0.3, 0.4) is 0 Å². The fraction of sp³-hybridized carbons (Fsp3) is 0.364. The fourth-order valence-corrected chi connectivity index (χ4v) is 3.57. The van der Waals surface area contributed by atoms with E-state index in [1.807, 2.05) is 18.2 Å². The van der Waals surface area contributed by atoms with Crippen molar-refractivity contribution in [3.8, 4) is 0 Å². The van der Waals surface area contributed by atoms with E-state index in [2.05, 4.69) is 10.6 Å². The lowest BCUT2D eigenvalue weighted by molar-refractivity contribution is 0.0229. The lowest BCUT2D eigenvalue weighted by atomic mass is 10.00. The summed E-state index contributed by atoms with van der Waals surface area (Å²) >= 11 is 0. The minimum Gasteiger partial charge on any atom is -0.459 e. The van der Waals surface area contributed by atoms with Crippen molar-refractivity contribution in [2.75, 3.05) is 25.0 Å². The molecule has 0 radical (unpaired) electrons. The summed E-state index contributed by atoms with van der Waals surface area (Å²) in [7, 11) is 0. The standard InChI is InChI=1S/C22H24N2O4/c25-21(16-5-4-15-8-11-27-14-18(15)12-16)24-19-3-1-2-17(13-19)22(26)28-20-6-9-23-10-7-20/h1-5,12-13,20,23H,6-11,14H2,(H,24,25). The second-order valence-electron chi connectivity index (χ2n) is 7.18. The molecule has 1 fully saturated rings. The summed E-state index contributed by atoms with van der Waals surface area (Å²) in [6, 6.07) is 12.6. The molecule has 28 heavy (non-hydrogen) atoms. The van der Waals surface area contributed by atoms with Crippen molar-refractivity contribution >= 4 is 17.6 Å². The summed E-state index contributed by atoms with van der Waals surface area (Å²) in [6.07, 6.45) is 2.47. The van der Waals surface area contributed by atoms with Crippen molar-refractivity contribution in [2.45, 2.75) is 32.0 Å². The van der Waals surface area contributed by atoms with Crippen LogP contribution in [0.5, 0.6) is 0 Å². The van der Waals surface area contributed by atoms with Gasteiger partial charge in [0.15, 0.2) is 0 Å². The van der Waals surface area contributed by atoms with Crippen LogP contribution in [-0.4, -0.2) is 37.7 Å². The number of fused-ring (bicyclic) bond motifs is 1. The summed E-state index contributed by atoms with van der Waals surface area (Å²) in [5, 5.41) is 6.11. The van der Waals surface area contributed by atoms with Crippen LogP contribution in [0.1, 0.15) is 44.7 Å². The minimum absolute atomic E-state index is 0.0512. The third kappa shape index (κ3) is 4.40. The minimum atomic E-state index is -0.353. The van der Waals surface area contributed by atoms with Gasteiger partial charge in [-0.25, -0.2) is 4.79 Å². The molecule has 2 heterocycles. The van der Waals surface area contributed by atoms with Crippen molar-refractivity contribution in [1.82, 2.24) is 5.32 Å². The molecule has 4 rings (SSSR count). The first-order valence-corrected chi connectivity index (χ1v) is 9.72. The Kier molecular flexibility index (Phi) is 5.69. The topological polar surface area (TPSA) is 76.7 Å². The quantitative estimate of drug-likeness (QED) is 0.798. The molecule has 0 aromatic heterocycles. The van der Waals surface area contributed by atoms with Crippen LogP contribution in [0.4, 0.5) is 5.69 Å². The molecule has 0 aliphatic carbocycles. The van der Waals surface area contributed by atoms with E-state index in [0.29, 0.717) is 23.4 Å². The molecule has 6 nitrogen and oxygen atoms in total. The number of hydrogen-bond acceptors (Lipinski definition) is 5. The first kappa shape index (κ1) is 18.7. The highest BCUT2D eigenvalue weighted by molar-refractivity contribution is 6.05. The highest BCUT2D eigenvalue weighted by Crippen LogP contribution is 2.20. The van der Waals surface area contributed by atoms with Gasteiger partial charge < -0.3 is 20.1 Å². The van der Waals surface area contributed by atoms with Gasteiger partial charge in [0.2, 0.25) is 0 Å². The molecule has 2 aliphatic rings. The van der Waals surface area contributed by atoms with Crippen LogP contribution in [-0.2, 0) is 22.5 Å². The Bertz CT molecular complexity index is 875. The van der Waals surface area contributed by atoms with E-state index < -0.39 is 0 Å². The molecule has 1 amide bonds. The van der Waals surface area contributed by atoms with E-state index in [4.69, 9.17) is 9.47 Å². The van der Waals surface area contributed by atoms with Gasteiger partial charge in [0.05, 0.1) is 18.8 Å². The lowest BCUT2D eigenvalue weighted by Gasteiger charge is -2.22. The van der Waals surface area contributed by atoms with E-state index in [9.17, 15) is 9.59 Å². The maximum Gasteiger partial charge on any atom is 0.338 e. The van der Waals surface area contributed by atoms with Crippen molar-refractivity contribution < 1.29 is 19.1 Å². The van der Waals surface area contributed by atoms with Crippen molar-refractivity contribution in [2.24, 2.45) is 0 Å². The van der Waals surface area contributed by atoms with E-state index in [-0.39, 0.29) is 18.0 Å². The number of ether oxygens (including phenoxy) is 2. The molecule has 146 valence electrons. The molecule has 0 saturated carbocycles. The van der Waals surface area contributed by atoms with Crippen LogP contribution in [0.2, 0.25) is 0 Å². The van der Waals surface area contributed by atoms with E-state index in [1.165, 1.54) is 5.56 Å². The van der Waals surface area contributed by atoms with Crippen molar-refractivity contribution in [3.63, 3.8) is 0 Å². The summed E-state index contributed by atoms with van der Waals surface area (Å²) < 4.78 is 11.0. The van der Waals surface area contributed by atoms with Crippen molar-refractivity contribution in [3.05, 3.63) is 64.7 Å². The Morgan fingerprint density at radius 1 is 1.04 bits per heavy atom. The van der Waals surface area contributed by atoms with Gasteiger partial charge in [-0.2, -0.15) is 0 Å². The highest BCUT2D eigenvalue weighted by Gasteiger charge is 2.19. The second-order valence-corrected chi connectivity index (χ2v) is 7.18. The van der Waals surface area contributed by atoms with E-state index in [1.54, 1.807) is 24.3 Å². The van der Waals surface area contributed by atoms with Gasteiger partial charge in [0.25, 0.3) is 5.91 Å². The zero-order valence-corrected chi connectivity index (χ0v) is 15.7. The lowest BCUT2D eigenvalue weighted by Crippen LogP contribution is -2.33. The maximum absolute atomic E-state index is 12.6. The highest BCUT2D eigenvalue weighted by atomic mass is 16.5. The van der Waals surface area contributed by atoms with Gasteiger partial charge in [0.1, 0.15) is 6.10 Å². The first-order valence-electron chi connectivity index (χ1n) is 9.72. The average Bonchev–Trinajstić information content (AvgIpc) is 2.74. The molecule has 2 aliphatic heterocycles. The van der Waals surface area contributed by atoms with Gasteiger partial charge in [-0.1, -0.05) is 12.1 Å². The number of nitrogens with one attached hydrogen (secondary N) is 2. The molecule has 2 aromatic rings. The van der Waals surface area contributed by atoms with Crippen LogP contribution in [0, 0.1) is 0 Å². The van der Waals surface area contributed by atoms with Crippen LogP contribution in [0.25, 0.3) is 0 Å². The zero-order valence-electron chi connectivity index (χ0n) is 15.7. The summed E-state index contributed by atoms with van der Waals surface area (Å²) in [6.45, 7) is 2.98. The Morgan fingerprint density at radius 2 is 1.89 bits per heavy atom. The predicted molar refractivity (Wildman–Crippen MR) is 106 cm³/mol. The van der Waals surface area contributed by atoms with Crippen molar-refractivity contribution in [1.29, 1.82) is 0 Å². The fourth-order valence-electron chi connectivity index (χ4n) is 3.57. The van der Waals surface area contributed by atoms with Gasteiger partial charge in [-0.3, -0.25) is 4.79 Å². The third-order valence-electron chi connectivity index (χ3n) is 5.16. The molecule has 0 bridgehead atoms. The number of piperidine rings is 1. The molecular weight excluding hydrogens is 356 g/mol. The maximum atomic E-state index is 12.6. The molecular formula is C22H24N2O4. The smallest absolute Gasteiger partial charge is 0.338 e. The predicted octanol–water partition coefficient (Wildman–Crippen LogP) is 2.92. The molecule has 2 aromatic carbocycles. The Morgan fingerprint density at radius 3 is 2.75 bits per heavy atom. The number of anilines is 1. The number of hydrogen-bond donors (Lipinski definition) is 2. The van der Waals surface area contributed by atoms with Gasteiger partial charge in [-0.15, -0.1) is 0 Å². The second kappa shape index (κ2) is 8.54. The monoisotopic (exact) mass is 380 g/mol. The average molecular weight is 380 g/mol. The first-order chi connectivity index (χ1) is 13.7. The van der Waals surface area contributed by atoms with Crippen LogP contribution >= 0.6 is 0 Å². The molecule has 0 unspecified atom stereocenters. The number of rotatable bonds is 4. The molecule has 2 N–H and O–H groups in total. The Labute approximate surface area is 164 Å². The molecule has 0 spiro atoms. The van der Waals surface area contributed by atoms with Gasteiger partial charge in [0, 0.05) is 11.3 Å². The number of benzene rings is 2. The van der Waals surface area contributed by atoms with Gasteiger partial charge in [-0.05, 0) is 73.8 Å². The zero-order chi connectivity index (χ0) is 19.3. The van der Waals surface area contributed by atoms with Crippen LogP contribution < -0.4 is 10.6 Å². The van der Waals surface area contributed by atoms with E-state index in [0.717, 1.165) is 44.5 Å². The Balaban J connectivity index is 1.42. The summed E-state index contributed by atoms with van der Waals surface area (Å²) in [5.74, 6) is -0.564. The number of carbonyl (C=O) groups is 2. The Hall–Kier alpha value is -2.70. The van der Waals surface area contributed by atoms with Gasteiger partial charge >= 0.3 is 5.97 Å². The number of esters is 1. The summed E-state index contributed by atoms with van der Waals surface area (Å²) in [4.78, 5) is 25.0. The third-order valence-corrected chi connectivity index (χ3v) is 5.16. The summed E-state index contributed by atoms with van der Waals surface area (Å²) in [5.41, 5.74) is 3.87. The number of amides is 1. The number of carbonyl (C=O) groups excluding carboxylic acids is 2. The van der Waals surface area contributed by atoms with Crippen LogP contribution in [0.15, 0.2) is 42.5 Å². The molecule has 0 atom stereocenters. The largest absolute Gasteiger partial charge is 0.459 e. The van der Waals surface area contributed by atoms with E-state index >= 15 is 0 Å². The molecule has 6 heteroatoms. The normalized spacial score (nSPS) is 16.9. The molecule has 1 saturated heterocycles. The SMILES string of the molecule is O=C(Nc1cccc(C(=O)OC2CCNCC2)c1)c1ccc2c(c1)COCC2.